The van der Waals surface area contributed by atoms with Crippen LogP contribution in [0.5, 0.6) is 0 Å². The number of hydrogen-bond donors (Lipinski definition) is 0. The zero-order valence-electron chi connectivity index (χ0n) is 47.8. The molecule has 6 nitrogen and oxygen atoms in total. The molecule has 6 heteroatoms. The van der Waals surface area contributed by atoms with Crippen molar-refractivity contribution in [3.63, 3.8) is 0 Å². The molecule has 0 aromatic carbocycles. The summed E-state index contributed by atoms with van der Waals surface area (Å²) in [6, 6.07) is 0. The summed E-state index contributed by atoms with van der Waals surface area (Å²) in [6.45, 7) is 6.64. The summed E-state index contributed by atoms with van der Waals surface area (Å²) in [4.78, 5) is 37.9. The van der Waals surface area contributed by atoms with E-state index < -0.39 is 6.10 Å². The highest BCUT2D eigenvalue weighted by Crippen LogP contribution is 2.19. The number of carbonyl (C=O) groups is 3. The molecule has 0 saturated heterocycles. The Kier molecular flexibility index (Phi) is 58.6. The van der Waals surface area contributed by atoms with Gasteiger partial charge in [-0.2, -0.15) is 0 Å². The highest BCUT2D eigenvalue weighted by atomic mass is 16.6. The summed E-state index contributed by atoms with van der Waals surface area (Å²) >= 11 is 0. The summed E-state index contributed by atoms with van der Waals surface area (Å²) in [7, 11) is 0. The summed E-state index contributed by atoms with van der Waals surface area (Å²) in [5, 5.41) is 0. The molecular weight excluding hydrogens is 865 g/mol. The Morgan fingerprint density at radius 1 is 0.229 bits per heavy atom. The van der Waals surface area contributed by atoms with E-state index >= 15 is 0 Å². The minimum absolute atomic E-state index is 0.0624. The summed E-state index contributed by atoms with van der Waals surface area (Å²) < 4.78 is 16.8. The Morgan fingerprint density at radius 3 is 0.571 bits per heavy atom. The number of carbonyl (C=O) groups excluding carboxylic acids is 3. The second kappa shape index (κ2) is 60.0. The smallest absolute Gasteiger partial charge is 0.306 e. The van der Waals surface area contributed by atoms with E-state index in [4.69, 9.17) is 14.2 Å². The number of esters is 3. The van der Waals surface area contributed by atoms with E-state index in [0.29, 0.717) is 19.3 Å². The summed E-state index contributed by atoms with van der Waals surface area (Å²) in [6.07, 6.45) is 68.9. The first-order chi connectivity index (χ1) is 34.5. The Labute approximate surface area is 438 Å². The molecule has 0 heterocycles. The second-order valence-electron chi connectivity index (χ2n) is 22.1. The fraction of sp³-hybridized carbons (Fsp3) is 0.953. The average molecular weight is 990 g/mol. The molecule has 0 aromatic rings. The van der Waals surface area contributed by atoms with Crippen LogP contribution in [0.4, 0.5) is 0 Å². The minimum atomic E-state index is -0.760. The predicted octanol–water partition coefficient (Wildman–Crippen LogP) is 21.5. The minimum Gasteiger partial charge on any atom is -0.462 e. The molecule has 0 aromatic heterocycles. The zero-order valence-corrected chi connectivity index (χ0v) is 47.8. The Hall–Kier alpha value is -1.59. The van der Waals surface area contributed by atoms with Crippen molar-refractivity contribution in [2.24, 2.45) is 0 Å². The predicted molar refractivity (Wildman–Crippen MR) is 303 cm³/mol. The maximum absolute atomic E-state index is 12.8. The number of hydrogen-bond acceptors (Lipinski definition) is 6. The molecule has 0 amide bonds. The van der Waals surface area contributed by atoms with E-state index in [9.17, 15) is 14.4 Å². The number of rotatable bonds is 60. The van der Waals surface area contributed by atoms with Gasteiger partial charge >= 0.3 is 17.9 Å². The molecule has 70 heavy (non-hydrogen) atoms. The summed E-state index contributed by atoms with van der Waals surface area (Å²) in [5.74, 6) is -0.847. The van der Waals surface area contributed by atoms with Crippen molar-refractivity contribution in [1.29, 1.82) is 0 Å². The standard InChI is InChI=1S/C64H124O6/c1-4-7-10-13-15-17-19-21-23-25-27-28-29-30-31-32-33-34-35-37-38-40-42-44-46-48-51-54-57-63(66)69-60-61(59-68-62(65)56-53-50-12-9-6-3)70-64(67)58-55-52-49-47-45-43-41-39-36-26-24-22-20-18-16-14-11-8-5-2/h61H,4-60H2,1-3H3. The monoisotopic (exact) mass is 989 g/mol. The van der Waals surface area contributed by atoms with Crippen LogP contribution in [-0.2, 0) is 28.6 Å². The van der Waals surface area contributed by atoms with Gasteiger partial charge < -0.3 is 14.2 Å². The molecule has 0 fully saturated rings. The highest BCUT2D eigenvalue weighted by Gasteiger charge is 2.19. The fourth-order valence-electron chi connectivity index (χ4n) is 10.0. The molecule has 0 N–H and O–H groups in total. The maximum Gasteiger partial charge on any atom is 0.306 e. The van der Waals surface area contributed by atoms with Crippen molar-refractivity contribution in [2.45, 2.75) is 380 Å². The van der Waals surface area contributed by atoms with Crippen molar-refractivity contribution in [2.75, 3.05) is 13.2 Å². The molecular formula is C64H124O6. The van der Waals surface area contributed by atoms with Crippen LogP contribution in [0.25, 0.3) is 0 Å². The van der Waals surface area contributed by atoms with Crippen LogP contribution in [0, 0.1) is 0 Å². The Bertz CT molecular complexity index is 1040. The van der Waals surface area contributed by atoms with Crippen LogP contribution < -0.4 is 0 Å². The van der Waals surface area contributed by atoms with Gasteiger partial charge in [0.2, 0.25) is 0 Å². The van der Waals surface area contributed by atoms with E-state index in [1.807, 2.05) is 0 Å². The lowest BCUT2D eigenvalue weighted by Gasteiger charge is -2.18. The van der Waals surface area contributed by atoms with Gasteiger partial charge in [-0.05, 0) is 19.3 Å². The molecule has 0 bridgehead atoms. The molecule has 0 radical (unpaired) electrons. The van der Waals surface area contributed by atoms with Gasteiger partial charge in [-0.25, -0.2) is 0 Å². The van der Waals surface area contributed by atoms with Crippen molar-refractivity contribution in [1.82, 2.24) is 0 Å². The lowest BCUT2D eigenvalue weighted by Crippen LogP contribution is -2.30. The SMILES string of the molecule is CCCCCCCCCCCCCCCCCCCCCCCCCCCCCCC(=O)OCC(COC(=O)CCCCCCC)OC(=O)CCCCCCCCCCCCCCCCCCCCC. The van der Waals surface area contributed by atoms with Crippen LogP contribution in [-0.4, -0.2) is 37.2 Å². The van der Waals surface area contributed by atoms with Crippen LogP contribution in [0.2, 0.25) is 0 Å². The quantitative estimate of drug-likeness (QED) is 0.0343. The molecule has 0 aliphatic carbocycles. The molecule has 1 unspecified atom stereocenters. The number of ether oxygens (including phenoxy) is 3. The van der Waals surface area contributed by atoms with E-state index in [2.05, 4.69) is 20.8 Å². The van der Waals surface area contributed by atoms with Gasteiger partial charge in [-0.1, -0.05) is 335 Å². The van der Waals surface area contributed by atoms with Crippen molar-refractivity contribution in [3.8, 4) is 0 Å². The number of unbranched alkanes of at least 4 members (excludes halogenated alkanes) is 49. The highest BCUT2D eigenvalue weighted by molar-refractivity contribution is 5.71. The Balaban J connectivity index is 3.92. The molecule has 0 saturated carbocycles. The third kappa shape index (κ3) is 57.3. The van der Waals surface area contributed by atoms with Crippen LogP contribution >= 0.6 is 0 Å². The molecule has 0 rings (SSSR count). The van der Waals surface area contributed by atoms with E-state index in [-0.39, 0.29) is 31.1 Å². The Morgan fingerprint density at radius 2 is 0.386 bits per heavy atom. The first-order valence-corrected chi connectivity index (χ1v) is 32.0. The van der Waals surface area contributed by atoms with Gasteiger partial charge in [0.25, 0.3) is 0 Å². The lowest BCUT2D eigenvalue weighted by atomic mass is 10.0. The largest absolute Gasteiger partial charge is 0.462 e. The van der Waals surface area contributed by atoms with Gasteiger partial charge in [0.15, 0.2) is 6.10 Å². The molecule has 0 spiro atoms. The zero-order chi connectivity index (χ0) is 50.7. The van der Waals surface area contributed by atoms with E-state index in [1.54, 1.807) is 0 Å². The molecule has 1 atom stereocenters. The van der Waals surface area contributed by atoms with Crippen LogP contribution in [0.15, 0.2) is 0 Å². The second-order valence-corrected chi connectivity index (χ2v) is 22.1. The third-order valence-electron chi connectivity index (χ3n) is 14.9. The molecule has 0 aliphatic heterocycles. The maximum atomic E-state index is 12.8. The van der Waals surface area contributed by atoms with Gasteiger partial charge in [-0.3, -0.25) is 14.4 Å². The summed E-state index contributed by atoms with van der Waals surface area (Å²) in [5.41, 5.74) is 0. The van der Waals surface area contributed by atoms with E-state index in [0.717, 1.165) is 64.2 Å². The average Bonchev–Trinajstić information content (AvgIpc) is 3.36. The van der Waals surface area contributed by atoms with Crippen LogP contribution in [0.1, 0.15) is 374 Å². The van der Waals surface area contributed by atoms with Gasteiger partial charge in [0.1, 0.15) is 13.2 Å². The molecule has 0 aliphatic rings. The first kappa shape index (κ1) is 68.4. The van der Waals surface area contributed by atoms with E-state index in [1.165, 1.54) is 270 Å². The fourth-order valence-corrected chi connectivity index (χ4v) is 10.0. The van der Waals surface area contributed by atoms with Crippen molar-refractivity contribution >= 4 is 17.9 Å². The van der Waals surface area contributed by atoms with Crippen molar-refractivity contribution < 1.29 is 28.6 Å². The van der Waals surface area contributed by atoms with Gasteiger partial charge in [0.05, 0.1) is 0 Å². The third-order valence-corrected chi connectivity index (χ3v) is 14.9. The first-order valence-electron chi connectivity index (χ1n) is 32.0. The lowest BCUT2D eigenvalue weighted by molar-refractivity contribution is -0.167. The van der Waals surface area contributed by atoms with Gasteiger partial charge in [-0.15, -0.1) is 0 Å². The topological polar surface area (TPSA) is 78.9 Å². The normalized spacial score (nSPS) is 11.9. The van der Waals surface area contributed by atoms with Crippen LogP contribution in [0.3, 0.4) is 0 Å². The molecule has 416 valence electrons. The van der Waals surface area contributed by atoms with Gasteiger partial charge in [0, 0.05) is 19.3 Å². The van der Waals surface area contributed by atoms with Crippen molar-refractivity contribution in [3.05, 3.63) is 0 Å².